The van der Waals surface area contributed by atoms with E-state index in [9.17, 15) is 9.90 Å². The first kappa shape index (κ1) is 21.8. The molecule has 166 valence electrons. The van der Waals surface area contributed by atoms with Gasteiger partial charge in [0.1, 0.15) is 5.78 Å². The average Bonchev–Trinajstić information content (AvgIpc) is 3.00. The van der Waals surface area contributed by atoms with Gasteiger partial charge in [0, 0.05) is 12.3 Å². The van der Waals surface area contributed by atoms with E-state index < -0.39 is 0 Å². The number of aliphatic hydroxyl groups is 1. The minimum absolute atomic E-state index is 0.172. The van der Waals surface area contributed by atoms with E-state index in [0.717, 1.165) is 43.4 Å². The fourth-order valence-electron chi connectivity index (χ4n) is 8.93. The Balaban J connectivity index is 1.51. The van der Waals surface area contributed by atoms with Gasteiger partial charge in [-0.05, 0) is 91.3 Å². The van der Waals surface area contributed by atoms with Crippen LogP contribution in [0.25, 0.3) is 0 Å². The van der Waals surface area contributed by atoms with Crippen LogP contribution in [0.5, 0.6) is 0 Å². The third-order valence-electron chi connectivity index (χ3n) is 10.6. The van der Waals surface area contributed by atoms with Crippen molar-refractivity contribution >= 4 is 5.78 Å². The van der Waals surface area contributed by atoms with Crippen LogP contribution >= 0.6 is 0 Å². The molecule has 0 radical (unpaired) electrons. The topological polar surface area (TPSA) is 37.3 Å². The molecule has 2 heteroatoms. The molecule has 29 heavy (non-hydrogen) atoms. The van der Waals surface area contributed by atoms with Crippen molar-refractivity contribution in [1.82, 2.24) is 0 Å². The molecule has 0 aromatic heterocycles. The van der Waals surface area contributed by atoms with Crippen LogP contribution in [0.4, 0.5) is 0 Å². The quantitative estimate of drug-likeness (QED) is 0.559. The molecule has 1 N–H and O–H groups in total. The Hall–Kier alpha value is -0.370. The molecule has 4 aliphatic carbocycles. The van der Waals surface area contributed by atoms with Gasteiger partial charge in [-0.3, -0.25) is 4.79 Å². The summed E-state index contributed by atoms with van der Waals surface area (Å²) in [5, 5.41) is 10.2. The highest BCUT2D eigenvalue weighted by atomic mass is 16.3. The minimum atomic E-state index is -0.172. The molecule has 0 bridgehead atoms. The molecule has 4 fully saturated rings. The second-order valence-corrected chi connectivity index (χ2v) is 12.6. The predicted molar refractivity (Wildman–Crippen MR) is 119 cm³/mol. The van der Waals surface area contributed by atoms with Gasteiger partial charge < -0.3 is 5.11 Å². The zero-order valence-corrected chi connectivity index (χ0v) is 19.8. The predicted octanol–water partition coefficient (Wildman–Crippen LogP) is 6.65. The minimum Gasteiger partial charge on any atom is -0.393 e. The molecule has 0 aromatic carbocycles. The van der Waals surface area contributed by atoms with Crippen molar-refractivity contribution in [3.05, 3.63) is 0 Å². The average molecular weight is 403 g/mol. The van der Waals surface area contributed by atoms with Crippen molar-refractivity contribution in [1.29, 1.82) is 0 Å². The Kier molecular flexibility index (Phi) is 5.99. The summed E-state index contributed by atoms with van der Waals surface area (Å²) in [4.78, 5) is 13.5. The summed E-state index contributed by atoms with van der Waals surface area (Å²) in [6.45, 7) is 12.2. The number of fused-ring (bicyclic) bond motifs is 5. The molecule has 4 saturated carbocycles. The largest absolute Gasteiger partial charge is 0.393 e. The number of ketones is 1. The normalized spacial score (nSPS) is 48.2. The van der Waals surface area contributed by atoms with Crippen molar-refractivity contribution in [3.8, 4) is 0 Å². The maximum absolute atomic E-state index is 13.5. The third-order valence-corrected chi connectivity index (χ3v) is 10.6. The zero-order valence-electron chi connectivity index (χ0n) is 19.8. The van der Waals surface area contributed by atoms with Crippen LogP contribution in [-0.2, 0) is 4.79 Å². The maximum Gasteiger partial charge on any atom is 0.136 e. The van der Waals surface area contributed by atoms with Crippen LogP contribution in [0.15, 0.2) is 0 Å². The number of aliphatic hydroxyl groups excluding tert-OH is 1. The Morgan fingerprint density at radius 2 is 1.66 bits per heavy atom. The number of hydrogen-bond donors (Lipinski definition) is 1. The fourth-order valence-corrected chi connectivity index (χ4v) is 8.93. The molecule has 2 unspecified atom stereocenters. The molecule has 9 atom stereocenters. The first-order chi connectivity index (χ1) is 13.7. The molecule has 4 rings (SSSR count). The Morgan fingerprint density at radius 1 is 0.966 bits per heavy atom. The van der Waals surface area contributed by atoms with Crippen LogP contribution in [-0.4, -0.2) is 17.0 Å². The Morgan fingerprint density at radius 3 is 2.38 bits per heavy atom. The van der Waals surface area contributed by atoms with Gasteiger partial charge >= 0.3 is 0 Å². The van der Waals surface area contributed by atoms with Crippen molar-refractivity contribution in [3.63, 3.8) is 0 Å². The van der Waals surface area contributed by atoms with Crippen molar-refractivity contribution in [2.45, 2.75) is 111 Å². The van der Waals surface area contributed by atoms with Crippen LogP contribution < -0.4 is 0 Å². The van der Waals surface area contributed by atoms with E-state index in [-0.39, 0.29) is 6.10 Å². The highest BCUT2D eigenvalue weighted by Gasteiger charge is 2.62. The van der Waals surface area contributed by atoms with Gasteiger partial charge in [0.2, 0.25) is 0 Å². The molecule has 0 saturated heterocycles. The van der Waals surface area contributed by atoms with E-state index in [0.29, 0.717) is 40.3 Å². The van der Waals surface area contributed by atoms with Gasteiger partial charge in [0.15, 0.2) is 0 Å². The molecule has 0 spiro atoms. The van der Waals surface area contributed by atoms with Gasteiger partial charge in [-0.15, -0.1) is 0 Å². The summed E-state index contributed by atoms with van der Waals surface area (Å²) < 4.78 is 0. The van der Waals surface area contributed by atoms with Crippen molar-refractivity contribution in [2.24, 2.45) is 52.3 Å². The maximum atomic E-state index is 13.5. The molecule has 0 amide bonds. The molecule has 0 aromatic rings. The highest BCUT2D eigenvalue weighted by Crippen LogP contribution is 2.67. The lowest BCUT2D eigenvalue weighted by Crippen LogP contribution is -2.57. The van der Waals surface area contributed by atoms with E-state index in [1.54, 1.807) is 0 Å². The van der Waals surface area contributed by atoms with Gasteiger partial charge in [-0.2, -0.15) is 0 Å². The lowest BCUT2D eigenvalue weighted by molar-refractivity contribution is -0.160. The molecular formula is C27H46O2. The second kappa shape index (κ2) is 7.95. The summed E-state index contributed by atoms with van der Waals surface area (Å²) in [5.74, 6) is 4.93. The fraction of sp³-hybridized carbons (Fsp3) is 0.963. The lowest BCUT2D eigenvalue weighted by atomic mass is 9.44. The SMILES string of the molecule is CC(C)CCC[C@@H](C)[C@H]1CC[C@H]2[C@@H]3C(=O)CC4CC(O)CC[C@]4(C)[C@H]3CC[C@]12C. The first-order valence-corrected chi connectivity index (χ1v) is 12.9. The summed E-state index contributed by atoms with van der Waals surface area (Å²) in [5.41, 5.74) is 0.672. The van der Waals surface area contributed by atoms with E-state index in [4.69, 9.17) is 0 Å². The van der Waals surface area contributed by atoms with Crippen LogP contribution in [0.2, 0.25) is 0 Å². The van der Waals surface area contributed by atoms with E-state index >= 15 is 0 Å². The summed E-state index contributed by atoms with van der Waals surface area (Å²) in [6.07, 6.45) is 12.8. The van der Waals surface area contributed by atoms with Crippen LogP contribution in [0.1, 0.15) is 105 Å². The van der Waals surface area contributed by atoms with E-state index in [2.05, 4.69) is 34.6 Å². The summed E-state index contributed by atoms with van der Waals surface area (Å²) in [7, 11) is 0. The summed E-state index contributed by atoms with van der Waals surface area (Å²) >= 11 is 0. The first-order valence-electron chi connectivity index (χ1n) is 12.9. The Labute approximate surface area is 179 Å². The molecule has 0 aliphatic heterocycles. The van der Waals surface area contributed by atoms with Crippen LogP contribution in [0.3, 0.4) is 0 Å². The molecule has 0 heterocycles. The number of hydrogen-bond acceptors (Lipinski definition) is 2. The highest BCUT2D eigenvalue weighted by molar-refractivity contribution is 5.83. The van der Waals surface area contributed by atoms with Crippen molar-refractivity contribution < 1.29 is 9.90 Å². The molecular weight excluding hydrogens is 356 g/mol. The van der Waals surface area contributed by atoms with Gasteiger partial charge in [-0.25, -0.2) is 0 Å². The molecule has 2 nitrogen and oxygen atoms in total. The third kappa shape index (κ3) is 3.64. The summed E-state index contributed by atoms with van der Waals surface area (Å²) in [6, 6.07) is 0. The number of carbonyl (C=O) groups is 1. The van der Waals surface area contributed by atoms with E-state index in [1.165, 1.54) is 44.9 Å². The van der Waals surface area contributed by atoms with Gasteiger partial charge in [0.25, 0.3) is 0 Å². The smallest absolute Gasteiger partial charge is 0.136 e. The molecule has 4 aliphatic rings. The number of carbonyl (C=O) groups excluding carboxylic acids is 1. The van der Waals surface area contributed by atoms with Gasteiger partial charge in [-0.1, -0.05) is 53.9 Å². The van der Waals surface area contributed by atoms with Crippen molar-refractivity contribution in [2.75, 3.05) is 0 Å². The number of Topliss-reactive ketones (excluding diaryl/α,β-unsaturated/α-hetero) is 1. The zero-order chi connectivity index (χ0) is 21.0. The van der Waals surface area contributed by atoms with Crippen LogP contribution in [0, 0.1) is 52.3 Å². The standard InChI is InChI=1S/C27H46O2/c1-17(2)7-6-8-18(3)21-9-10-22-25-23(12-14-27(21,22)5)26(4)13-11-20(28)15-19(26)16-24(25)29/h17-23,25,28H,6-16H2,1-5H3/t18-,19?,20?,21-,22+,23+,25+,26+,27-/m1/s1. The Bertz CT molecular complexity index is 612. The number of rotatable bonds is 5. The second-order valence-electron chi connectivity index (χ2n) is 12.6. The van der Waals surface area contributed by atoms with E-state index in [1.807, 2.05) is 0 Å². The monoisotopic (exact) mass is 402 g/mol. The van der Waals surface area contributed by atoms with Gasteiger partial charge in [0.05, 0.1) is 6.10 Å². The lowest BCUT2D eigenvalue weighted by Gasteiger charge is -2.60.